The van der Waals surface area contributed by atoms with Gasteiger partial charge in [-0.25, -0.2) is 0 Å². The molecule has 0 aromatic heterocycles. The summed E-state index contributed by atoms with van der Waals surface area (Å²) >= 11 is 1.85. The molecule has 2 nitrogen and oxygen atoms in total. The van der Waals surface area contributed by atoms with E-state index in [9.17, 15) is 0 Å². The summed E-state index contributed by atoms with van der Waals surface area (Å²) in [4.78, 5) is 1.33. The third kappa shape index (κ3) is 3.52. The molecule has 2 rings (SSSR count). The topological polar surface area (TPSA) is 35.2 Å². The third-order valence-corrected chi connectivity index (χ3v) is 4.30. The molecular formula is C16H19NOS. The second-order valence-corrected chi connectivity index (χ2v) is 5.42. The van der Waals surface area contributed by atoms with E-state index < -0.39 is 0 Å². The van der Waals surface area contributed by atoms with E-state index in [2.05, 4.69) is 43.3 Å². The zero-order chi connectivity index (χ0) is 13.7. The molecule has 3 heteroatoms. The fourth-order valence-corrected chi connectivity index (χ4v) is 2.93. The molecule has 0 fully saturated rings. The van der Waals surface area contributed by atoms with Gasteiger partial charge in [-0.05, 0) is 36.2 Å². The Kier molecular flexibility index (Phi) is 4.88. The lowest BCUT2D eigenvalue weighted by molar-refractivity contribution is 0.409. The zero-order valence-electron chi connectivity index (χ0n) is 11.3. The number of hydrogen-bond donors (Lipinski definition) is 1. The van der Waals surface area contributed by atoms with E-state index in [-0.39, 0.29) is 0 Å². The summed E-state index contributed by atoms with van der Waals surface area (Å²) in [6, 6.07) is 14.7. The first kappa shape index (κ1) is 14.0. The lowest BCUT2D eigenvalue weighted by Crippen LogP contribution is -2.00. The molecule has 0 atom stereocenters. The zero-order valence-corrected chi connectivity index (χ0v) is 12.2. The smallest absolute Gasteiger partial charge is 0.123 e. The van der Waals surface area contributed by atoms with Gasteiger partial charge in [0.2, 0.25) is 0 Å². The maximum absolute atomic E-state index is 5.74. The van der Waals surface area contributed by atoms with E-state index in [0.717, 1.165) is 17.1 Å². The van der Waals surface area contributed by atoms with Gasteiger partial charge in [0.05, 0.1) is 7.11 Å². The van der Waals surface area contributed by atoms with Gasteiger partial charge in [0, 0.05) is 22.8 Å². The van der Waals surface area contributed by atoms with Crippen LogP contribution in [0.4, 0.5) is 0 Å². The van der Waals surface area contributed by atoms with Crippen molar-refractivity contribution in [3.8, 4) is 5.75 Å². The quantitative estimate of drug-likeness (QED) is 0.843. The molecule has 100 valence electrons. The van der Waals surface area contributed by atoms with Gasteiger partial charge in [0.25, 0.3) is 0 Å². The molecule has 0 unspecified atom stereocenters. The monoisotopic (exact) mass is 273 g/mol. The van der Waals surface area contributed by atoms with Crippen LogP contribution in [0.2, 0.25) is 0 Å². The van der Waals surface area contributed by atoms with Crippen molar-refractivity contribution >= 4 is 11.8 Å². The van der Waals surface area contributed by atoms with Crippen LogP contribution in [-0.4, -0.2) is 7.11 Å². The highest BCUT2D eigenvalue weighted by atomic mass is 32.2. The maximum atomic E-state index is 5.74. The third-order valence-electron chi connectivity index (χ3n) is 3.05. The number of ether oxygens (including phenoxy) is 1. The Balaban J connectivity index is 2.10. The molecule has 0 aliphatic carbocycles. The number of benzene rings is 2. The van der Waals surface area contributed by atoms with Crippen molar-refractivity contribution in [1.29, 1.82) is 0 Å². The van der Waals surface area contributed by atoms with Gasteiger partial charge >= 0.3 is 0 Å². The second kappa shape index (κ2) is 6.64. The highest BCUT2D eigenvalue weighted by molar-refractivity contribution is 7.98. The van der Waals surface area contributed by atoms with Gasteiger partial charge in [-0.15, -0.1) is 11.8 Å². The van der Waals surface area contributed by atoms with Crippen molar-refractivity contribution in [2.24, 2.45) is 5.73 Å². The van der Waals surface area contributed by atoms with Crippen LogP contribution in [0.5, 0.6) is 5.75 Å². The molecule has 0 amide bonds. The molecule has 0 saturated carbocycles. The molecule has 0 saturated heterocycles. The average molecular weight is 273 g/mol. The Bertz CT molecular complexity index is 554. The van der Waals surface area contributed by atoms with Gasteiger partial charge < -0.3 is 10.5 Å². The van der Waals surface area contributed by atoms with Gasteiger partial charge in [0.15, 0.2) is 0 Å². The average Bonchev–Trinajstić information content (AvgIpc) is 2.46. The Morgan fingerprint density at radius 2 is 1.95 bits per heavy atom. The molecule has 19 heavy (non-hydrogen) atoms. The van der Waals surface area contributed by atoms with Crippen molar-refractivity contribution in [3.05, 3.63) is 59.2 Å². The minimum atomic E-state index is 0.506. The number of aryl methyl sites for hydroxylation is 1. The second-order valence-electron chi connectivity index (χ2n) is 4.40. The van der Waals surface area contributed by atoms with Crippen LogP contribution in [0.3, 0.4) is 0 Å². The SMILES string of the molecule is COc1ccc(CSc2ccccc2C)cc1CN. The normalized spacial score (nSPS) is 10.5. The highest BCUT2D eigenvalue weighted by Crippen LogP contribution is 2.27. The predicted molar refractivity (Wildman–Crippen MR) is 81.6 cm³/mol. The largest absolute Gasteiger partial charge is 0.496 e. The van der Waals surface area contributed by atoms with Crippen LogP contribution < -0.4 is 10.5 Å². The molecular weight excluding hydrogens is 254 g/mol. The van der Waals surface area contributed by atoms with E-state index in [0.29, 0.717) is 6.54 Å². The standard InChI is InChI=1S/C16H19NOS/c1-12-5-3-4-6-16(12)19-11-13-7-8-15(18-2)14(9-13)10-17/h3-9H,10-11,17H2,1-2H3. The molecule has 0 aliphatic rings. The Morgan fingerprint density at radius 3 is 2.63 bits per heavy atom. The Hall–Kier alpha value is -1.45. The first-order valence-corrected chi connectivity index (χ1v) is 7.27. The molecule has 2 aromatic carbocycles. The van der Waals surface area contributed by atoms with Crippen molar-refractivity contribution in [1.82, 2.24) is 0 Å². The molecule has 0 bridgehead atoms. The van der Waals surface area contributed by atoms with Crippen molar-refractivity contribution in [3.63, 3.8) is 0 Å². The number of thioether (sulfide) groups is 1. The van der Waals surface area contributed by atoms with Crippen LogP contribution in [0.1, 0.15) is 16.7 Å². The van der Waals surface area contributed by atoms with Crippen molar-refractivity contribution in [2.75, 3.05) is 7.11 Å². The fraction of sp³-hybridized carbons (Fsp3) is 0.250. The highest BCUT2D eigenvalue weighted by Gasteiger charge is 2.04. The summed E-state index contributed by atoms with van der Waals surface area (Å²) in [7, 11) is 1.68. The molecule has 0 radical (unpaired) electrons. The number of nitrogens with two attached hydrogens (primary N) is 1. The van der Waals surface area contributed by atoms with Crippen LogP contribution in [0.25, 0.3) is 0 Å². The van der Waals surface area contributed by atoms with Gasteiger partial charge in [-0.1, -0.05) is 24.3 Å². The van der Waals surface area contributed by atoms with E-state index in [4.69, 9.17) is 10.5 Å². The first-order chi connectivity index (χ1) is 9.24. The van der Waals surface area contributed by atoms with Crippen LogP contribution >= 0.6 is 11.8 Å². The van der Waals surface area contributed by atoms with E-state index in [1.165, 1.54) is 16.0 Å². The van der Waals surface area contributed by atoms with Crippen molar-refractivity contribution in [2.45, 2.75) is 24.1 Å². The fourth-order valence-electron chi connectivity index (χ4n) is 1.96. The Morgan fingerprint density at radius 1 is 1.16 bits per heavy atom. The summed E-state index contributed by atoms with van der Waals surface area (Å²) in [6.45, 7) is 2.65. The molecule has 0 spiro atoms. The van der Waals surface area contributed by atoms with Crippen molar-refractivity contribution < 1.29 is 4.74 Å². The summed E-state index contributed by atoms with van der Waals surface area (Å²) in [5.74, 6) is 1.81. The van der Waals surface area contributed by atoms with E-state index >= 15 is 0 Å². The minimum Gasteiger partial charge on any atom is -0.496 e. The number of rotatable bonds is 5. The lowest BCUT2D eigenvalue weighted by atomic mass is 10.1. The van der Waals surface area contributed by atoms with Gasteiger partial charge in [-0.3, -0.25) is 0 Å². The van der Waals surface area contributed by atoms with E-state index in [1.807, 2.05) is 17.8 Å². The van der Waals surface area contributed by atoms with E-state index in [1.54, 1.807) is 7.11 Å². The number of hydrogen-bond acceptors (Lipinski definition) is 3. The van der Waals surface area contributed by atoms with Gasteiger partial charge in [0.1, 0.15) is 5.75 Å². The summed E-state index contributed by atoms with van der Waals surface area (Å²) in [6.07, 6.45) is 0. The predicted octanol–water partition coefficient (Wildman–Crippen LogP) is 3.75. The molecule has 0 aliphatic heterocycles. The summed E-state index contributed by atoms with van der Waals surface area (Å²) in [5, 5.41) is 0. The first-order valence-electron chi connectivity index (χ1n) is 6.29. The van der Waals surface area contributed by atoms with Crippen LogP contribution in [-0.2, 0) is 12.3 Å². The lowest BCUT2D eigenvalue weighted by Gasteiger charge is -2.10. The van der Waals surface area contributed by atoms with Gasteiger partial charge in [-0.2, -0.15) is 0 Å². The minimum absolute atomic E-state index is 0.506. The summed E-state index contributed by atoms with van der Waals surface area (Å²) < 4.78 is 5.29. The summed E-state index contributed by atoms with van der Waals surface area (Å²) in [5.41, 5.74) is 9.39. The molecule has 2 aromatic rings. The maximum Gasteiger partial charge on any atom is 0.123 e. The Labute approximate surface area is 119 Å². The van der Waals surface area contributed by atoms with Crippen LogP contribution in [0, 0.1) is 6.92 Å². The number of methoxy groups -OCH3 is 1. The van der Waals surface area contributed by atoms with Crippen LogP contribution in [0.15, 0.2) is 47.4 Å². The molecule has 2 N–H and O–H groups in total. The molecule has 0 heterocycles.